The van der Waals surface area contributed by atoms with Crippen LogP contribution in [0.3, 0.4) is 0 Å². The molecule has 6 rings (SSSR count). The largest absolute Gasteiger partial charge is 0.351 e. The molecule has 0 unspecified atom stereocenters. The minimum Gasteiger partial charge on any atom is -0.351 e. The van der Waals surface area contributed by atoms with E-state index in [0.717, 1.165) is 37.7 Å². The van der Waals surface area contributed by atoms with Crippen LogP contribution < -0.4 is 10.2 Å². The van der Waals surface area contributed by atoms with E-state index in [1.165, 1.54) is 33.8 Å². The van der Waals surface area contributed by atoms with Crippen LogP contribution in [0, 0.1) is 17.7 Å². The Morgan fingerprint density at radius 1 is 0.864 bits per heavy atom. The molecule has 1 atom stereocenters. The van der Waals surface area contributed by atoms with Gasteiger partial charge >= 0.3 is 0 Å². The van der Waals surface area contributed by atoms with Gasteiger partial charge in [0, 0.05) is 22.9 Å². The number of halogens is 1. The summed E-state index contributed by atoms with van der Waals surface area (Å²) in [5.74, 6) is 5.23. The van der Waals surface area contributed by atoms with Gasteiger partial charge in [0.05, 0.1) is 5.52 Å². The third kappa shape index (κ3) is 6.68. The molecular formula is C36H32FN5O2. The summed E-state index contributed by atoms with van der Waals surface area (Å²) < 4.78 is 15.6. The number of para-hydroxylation sites is 1. The summed E-state index contributed by atoms with van der Waals surface area (Å²) in [5, 5.41) is 11.6. The van der Waals surface area contributed by atoms with Gasteiger partial charge in [-0.05, 0) is 79.1 Å². The van der Waals surface area contributed by atoms with Crippen LogP contribution in [0.25, 0.3) is 11.0 Å². The topological polar surface area (TPSA) is 80.1 Å². The normalized spacial score (nSPS) is 13.9. The summed E-state index contributed by atoms with van der Waals surface area (Å²) in [4.78, 5) is 30.0. The Labute approximate surface area is 255 Å². The predicted molar refractivity (Wildman–Crippen MR) is 168 cm³/mol. The van der Waals surface area contributed by atoms with Crippen LogP contribution in [0.15, 0.2) is 103 Å². The zero-order valence-corrected chi connectivity index (χ0v) is 24.2. The molecule has 8 heteroatoms. The molecule has 1 fully saturated rings. The van der Waals surface area contributed by atoms with Crippen LogP contribution >= 0.6 is 0 Å². The molecule has 1 aromatic heterocycles. The quantitative estimate of drug-likeness (QED) is 0.231. The second-order valence-corrected chi connectivity index (χ2v) is 11.0. The van der Waals surface area contributed by atoms with E-state index in [1.54, 1.807) is 0 Å². The van der Waals surface area contributed by atoms with Crippen molar-refractivity contribution >= 4 is 28.5 Å². The first-order valence-electron chi connectivity index (χ1n) is 14.9. The fourth-order valence-electron chi connectivity index (χ4n) is 5.67. The molecule has 0 radical (unpaired) electrons. The molecule has 1 aliphatic rings. The Bertz CT molecular complexity index is 1820. The molecule has 1 aliphatic carbocycles. The Hall–Kier alpha value is -5.29. The molecule has 5 aromatic rings. The molecule has 1 N–H and O–H groups in total. The van der Waals surface area contributed by atoms with Crippen LogP contribution in [0.4, 0.5) is 10.1 Å². The van der Waals surface area contributed by atoms with Crippen molar-refractivity contribution in [2.75, 3.05) is 4.90 Å². The van der Waals surface area contributed by atoms with Crippen molar-refractivity contribution in [3.05, 3.63) is 126 Å². The summed E-state index contributed by atoms with van der Waals surface area (Å²) in [6.07, 6.45) is 5.00. The second-order valence-electron chi connectivity index (χ2n) is 11.0. The van der Waals surface area contributed by atoms with Gasteiger partial charge < -0.3 is 5.32 Å². The SMILES string of the molecule is O=C(NC1CCCCC1)[C@@H](c1cccc(C#Cc2ccccc2)c1)N(C(=O)Cn1nnc2ccccc21)c1ccc(F)cc1. The summed E-state index contributed by atoms with van der Waals surface area (Å²) in [6.45, 7) is -0.168. The predicted octanol–water partition coefficient (Wildman–Crippen LogP) is 6.19. The van der Waals surface area contributed by atoms with E-state index in [2.05, 4.69) is 27.5 Å². The lowest BCUT2D eigenvalue weighted by atomic mass is 9.94. The number of hydrogen-bond acceptors (Lipinski definition) is 4. The summed E-state index contributed by atoms with van der Waals surface area (Å²) >= 11 is 0. The minimum atomic E-state index is -1.04. The van der Waals surface area contributed by atoms with Gasteiger partial charge in [-0.25, -0.2) is 9.07 Å². The van der Waals surface area contributed by atoms with Crippen molar-refractivity contribution in [1.29, 1.82) is 0 Å². The fraction of sp³-hybridized carbons (Fsp3) is 0.222. The highest BCUT2D eigenvalue weighted by Gasteiger charge is 2.34. The van der Waals surface area contributed by atoms with Gasteiger partial charge in [-0.3, -0.25) is 14.5 Å². The maximum absolute atomic E-state index is 14.3. The first-order valence-corrected chi connectivity index (χ1v) is 14.9. The monoisotopic (exact) mass is 585 g/mol. The molecule has 0 aliphatic heterocycles. The maximum atomic E-state index is 14.3. The standard InChI is InChI=1S/C36H32FN5O2/c37-29-20-22-31(23-21-29)42(34(43)25-41-33-17-8-7-16-32(33)39-40-41)35(36(44)38-30-14-5-2-6-15-30)28-13-9-12-27(24-28)19-18-26-10-3-1-4-11-26/h1,3-4,7-13,16-17,20-24,30,35H,2,5-6,14-15,25H2,(H,38,44)/t35-/m1/s1. The first kappa shape index (κ1) is 28.8. The number of carbonyl (C=O) groups is 2. The molecule has 0 saturated heterocycles. The first-order chi connectivity index (χ1) is 21.5. The molecule has 0 bridgehead atoms. The molecule has 0 spiro atoms. The Balaban J connectivity index is 1.42. The number of carbonyl (C=O) groups excluding carboxylic acids is 2. The second kappa shape index (κ2) is 13.3. The van der Waals surface area contributed by atoms with Crippen molar-refractivity contribution in [3.63, 3.8) is 0 Å². The number of nitrogens with one attached hydrogen (secondary N) is 1. The Morgan fingerprint density at radius 3 is 2.36 bits per heavy atom. The molecule has 220 valence electrons. The Kier molecular flexibility index (Phi) is 8.74. The third-order valence-corrected chi connectivity index (χ3v) is 7.86. The lowest BCUT2D eigenvalue weighted by Crippen LogP contribution is -2.48. The van der Waals surface area contributed by atoms with Gasteiger partial charge in [-0.2, -0.15) is 0 Å². The summed E-state index contributed by atoms with van der Waals surface area (Å²) in [6, 6.07) is 29.0. The number of hydrogen-bond donors (Lipinski definition) is 1. The number of aromatic nitrogens is 3. The highest BCUT2D eigenvalue weighted by atomic mass is 19.1. The molecular weight excluding hydrogens is 553 g/mol. The average molecular weight is 586 g/mol. The third-order valence-electron chi connectivity index (χ3n) is 7.86. The van der Waals surface area contributed by atoms with Crippen molar-refractivity contribution < 1.29 is 14.0 Å². The minimum absolute atomic E-state index is 0.0178. The van der Waals surface area contributed by atoms with Crippen molar-refractivity contribution in [3.8, 4) is 11.8 Å². The summed E-state index contributed by atoms with van der Waals surface area (Å²) in [5.41, 5.74) is 3.92. The molecule has 7 nitrogen and oxygen atoms in total. The molecule has 1 heterocycles. The van der Waals surface area contributed by atoms with Crippen LogP contribution in [0.1, 0.15) is 54.8 Å². The molecule has 2 amide bonds. The van der Waals surface area contributed by atoms with Gasteiger partial charge in [-0.1, -0.05) is 78.8 Å². The van der Waals surface area contributed by atoms with E-state index in [1.807, 2.05) is 78.9 Å². The van der Waals surface area contributed by atoms with Crippen molar-refractivity contribution in [2.24, 2.45) is 0 Å². The molecule has 44 heavy (non-hydrogen) atoms. The number of benzene rings is 4. The van der Waals surface area contributed by atoms with E-state index in [0.29, 0.717) is 27.8 Å². The van der Waals surface area contributed by atoms with E-state index < -0.39 is 17.8 Å². The molecule has 1 saturated carbocycles. The number of nitrogens with zero attached hydrogens (tertiary/aromatic N) is 4. The van der Waals surface area contributed by atoms with E-state index in [4.69, 9.17) is 0 Å². The van der Waals surface area contributed by atoms with Crippen LogP contribution in [-0.2, 0) is 16.1 Å². The van der Waals surface area contributed by atoms with Crippen molar-refractivity contribution in [1.82, 2.24) is 20.3 Å². The smallest absolute Gasteiger partial charge is 0.249 e. The zero-order valence-electron chi connectivity index (χ0n) is 24.2. The van der Waals surface area contributed by atoms with Crippen molar-refractivity contribution in [2.45, 2.75) is 50.7 Å². The van der Waals surface area contributed by atoms with Gasteiger partial charge in [0.25, 0.3) is 0 Å². The van der Waals surface area contributed by atoms with Gasteiger partial charge in [0.15, 0.2) is 0 Å². The number of amides is 2. The average Bonchev–Trinajstić information content (AvgIpc) is 3.46. The number of rotatable bonds is 7. The van der Waals surface area contributed by atoms with E-state index in [-0.39, 0.29) is 18.5 Å². The lowest BCUT2D eigenvalue weighted by molar-refractivity contribution is -0.127. The molecule has 4 aromatic carbocycles. The summed E-state index contributed by atoms with van der Waals surface area (Å²) in [7, 11) is 0. The van der Waals surface area contributed by atoms with Gasteiger partial charge in [0.2, 0.25) is 11.8 Å². The zero-order chi connectivity index (χ0) is 30.3. The van der Waals surface area contributed by atoms with E-state index in [9.17, 15) is 14.0 Å². The van der Waals surface area contributed by atoms with Crippen LogP contribution in [0.5, 0.6) is 0 Å². The number of fused-ring (bicyclic) bond motifs is 1. The van der Waals surface area contributed by atoms with Gasteiger partial charge in [0.1, 0.15) is 23.9 Å². The number of anilines is 1. The van der Waals surface area contributed by atoms with Crippen LogP contribution in [0.2, 0.25) is 0 Å². The maximum Gasteiger partial charge on any atom is 0.249 e. The lowest BCUT2D eigenvalue weighted by Gasteiger charge is -2.33. The fourth-order valence-corrected chi connectivity index (χ4v) is 5.67. The van der Waals surface area contributed by atoms with Gasteiger partial charge in [-0.15, -0.1) is 5.10 Å². The highest BCUT2D eigenvalue weighted by molar-refractivity contribution is 6.01. The highest BCUT2D eigenvalue weighted by Crippen LogP contribution is 2.30. The Morgan fingerprint density at radius 2 is 1.57 bits per heavy atom. The van der Waals surface area contributed by atoms with E-state index >= 15 is 0 Å². The van der Waals surface area contributed by atoms with Crippen LogP contribution in [-0.4, -0.2) is 32.9 Å².